The molecule has 0 N–H and O–H groups in total. The molecule has 0 saturated heterocycles. The van der Waals surface area contributed by atoms with Crippen molar-refractivity contribution in [3.05, 3.63) is 0 Å². The van der Waals surface area contributed by atoms with Crippen molar-refractivity contribution in [2.45, 2.75) is 161 Å². The van der Waals surface area contributed by atoms with Crippen molar-refractivity contribution in [3.63, 3.8) is 0 Å². The summed E-state index contributed by atoms with van der Waals surface area (Å²) < 4.78 is 0. The lowest BCUT2D eigenvalue weighted by molar-refractivity contribution is 0.428. The summed E-state index contributed by atoms with van der Waals surface area (Å²) in [5, 5.41) is 53.3. The number of unbranched alkanes of at least 4 members (excludes halogenated alkanes) is 6. The Labute approximate surface area is 226 Å². The zero-order valence-electron chi connectivity index (χ0n) is 24.8. The quantitative estimate of drug-likeness (QED) is 0.142. The van der Waals surface area contributed by atoms with Gasteiger partial charge in [-0.1, -0.05) is 66.2 Å². The zero-order chi connectivity index (χ0) is 28.8. The first-order valence-corrected chi connectivity index (χ1v) is 13.9. The minimum absolute atomic E-state index is 0.601. The Hall–Kier alpha value is -2.84. The number of nitrogens with zero attached hydrogens (tertiary/aromatic N) is 8. The average molecular weight is 511 g/mol. The SMILES string of the molecule is CCCCCC(C)(C#N)/N=N/C(C)(C#N)CC.CCCCCC(C)(C#N)/N=N/C(C)(C#N)CCCCC. The highest BCUT2D eigenvalue weighted by Crippen LogP contribution is 2.25. The first-order valence-electron chi connectivity index (χ1n) is 13.9. The van der Waals surface area contributed by atoms with Gasteiger partial charge in [0.25, 0.3) is 0 Å². The van der Waals surface area contributed by atoms with Gasteiger partial charge in [0.2, 0.25) is 0 Å². The molecule has 0 radical (unpaired) electrons. The monoisotopic (exact) mass is 510 g/mol. The van der Waals surface area contributed by atoms with Gasteiger partial charge in [0, 0.05) is 0 Å². The fourth-order valence-corrected chi connectivity index (χ4v) is 3.16. The van der Waals surface area contributed by atoms with Crippen LogP contribution >= 0.6 is 0 Å². The second kappa shape index (κ2) is 19.3. The molecule has 0 aliphatic rings. The zero-order valence-corrected chi connectivity index (χ0v) is 24.8. The summed E-state index contributed by atoms with van der Waals surface area (Å²) >= 11 is 0. The topological polar surface area (TPSA) is 145 Å². The summed E-state index contributed by atoms with van der Waals surface area (Å²) in [7, 11) is 0. The molecule has 0 fully saturated rings. The van der Waals surface area contributed by atoms with Crippen LogP contribution in [0.5, 0.6) is 0 Å². The maximum absolute atomic E-state index is 9.28. The fourth-order valence-electron chi connectivity index (χ4n) is 3.16. The highest BCUT2D eigenvalue weighted by atomic mass is 15.2. The van der Waals surface area contributed by atoms with Gasteiger partial charge in [0.05, 0.1) is 24.3 Å². The number of nitriles is 4. The third-order valence-corrected chi connectivity index (χ3v) is 6.44. The normalized spacial score (nSPS) is 17.5. The van der Waals surface area contributed by atoms with Crippen molar-refractivity contribution in [2.75, 3.05) is 0 Å². The van der Waals surface area contributed by atoms with Crippen LogP contribution in [0, 0.1) is 45.3 Å². The van der Waals surface area contributed by atoms with Crippen molar-refractivity contribution in [1.29, 1.82) is 21.0 Å². The summed E-state index contributed by atoms with van der Waals surface area (Å²) in [4.78, 5) is 0. The van der Waals surface area contributed by atoms with Crippen LogP contribution in [0.4, 0.5) is 0 Å². The second-order valence-corrected chi connectivity index (χ2v) is 10.7. The van der Waals surface area contributed by atoms with Gasteiger partial charge in [-0.15, -0.1) is 0 Å². The van der Waals surface area contributed by atoms with Crippen molar-refractivity contribution < 1.29 is 0 Å². The van der Waals surface area contributed by atoms with Crippen molar-refractivity contribution in [2.24, 2.45) is 20.5 Å². The van der Waals surface area contributed by atoms with E-state index < -0.39 is 22.2 Å². The smallest absolute Gasteiger partial charge is 0.164 e. The molecule has 0 aromatic heterocycles. The molecule has 0 saturated carbocycles. The van der Waals surface area contributed by atoms with E-state index in [1.165, 1.54) is 0 Å². The standard InChI is InChI=1S/C16H28N4.C13H22N4/c1-5-7-9-11-15(3,13-17)19-20-16(4,14-18)12-10-8-6-2;1-5-7-8-9-13(4,11-15)17-16-12(3,6-2)10-14/h5-12H2,1-4H3;5-9H2,1-4H3/b20-19+;17-16+. The molecule has 0 amide bonds. The van der Waals surface area contributed by atoms with E-state index in [0.717, 1.165) is 57.8 Å². The highest BCUT2D eigenvalue weighted by molar-refractivity contribution is 5.08. The lowest BCUT2D eigenvalue weighted by atomic mass is 9.96. The minimum atomic E-state index is -0.803. The largest absolute Gasteiger partial charge is 0.196 e. The van der Waals surface area contributed by atoms with Crippen LogP contribution < -0.4 is 0 Å². The Bertz CT molecular complexity index is 819. The van der Waals surface area contributed by atoms with Gasteiger partial charge in [-0.05, 0) is 72.6 Å². The van der Waals surface area contributed by atoms with Gasteiger partial charge in [0.1, 0.15) is 0 Å². The van der Waals surface area contributed by atoms with Gasteiger partial charge >= 0.3 is 0 Å². The first-order chi connectivity index (χ1) is 17.4. The molecule has 206 valence electrons. The molecule has 0 aliphatic heterocycles. The summed E-state index contributed by atoms with van der Waals surface area (Å²) in [5.74, 6) is 0. The van der Waals surface area contributed by atoms with Crippen molar-refractivity contribution >= 4 is 0 Å². The molecule has 0 bridgehead atoms. The first kappa shape index (κ1) is 36.3. The predicted molar refractivity (Wildman–Crippen MR) is 149 cm³/mol. The summed E-state index contributed by atoms with van der Waals surface area (Å²) in [5.41, 5.74) is -3.18. The molecule has 4 atom stereocenters. The number of hydrogen-bond donors (Lipinski definition) is 0. The Morgan fingerprint density at radius 1 is 0.432 bits per heavy atom. The molecule has 8 heteroatoms. The molecular formula is C29H50N8. The Kier molecular flexibility index (Phi) is 18.9. The average Bonchev–Trinajstić information content (AvgIpc) is 2.91. The van der Waals surface area contributed by atoms with Crippen molar-refractivity contribution in [1.82, 2.24) is 0 Å². The Morgan fingerprint density at radius 2 is 0.676 bits per heavy atom. The van der Waals surface area contributed by atoms with E-state index in [0.29, 0.717) is 25.7 Å². The van der Waals surface area contributed by atoms with Crippen LogP contribution in [0.3, 0.4) is 0 Å². The van der Waals surface area contributed by atoms with E-state index in [-0.39, 0.29) is 0 Å². The van der Waals surface area contributed by atoms with E-state index in [4.69, 9.17) is 10.5 Å². The molecule has 8 nitrogen and oxygen atoms in total. The Morgan fingerprint density at radius 3 is 0.865 bits per heavy atom. The van der Waals surface area contributed by atoms with Gasteiger partial charge in [-0.25, -0.2) is 0 Å². The van der Waals surface area contributed by atoms with Crippen LogP contribution in [-0.4, -0.2) is 22.2 Å². The van der Waals surface area contributed by atoms with Gasteiger partial charge in [0.15, 0.2) is 22.2 Å². The summed E-state index contributed by atoms with van der Waals surface area (Å²) in [6.07, 6.45) is 12.3. The fraction of sp³-hybridized carbons (Fsp3) is 0.862. The van der Waals surface area contributed by atoms with E-state index in [9.17, 15) is 10.5 Å². The van der Waals surface area contributed by atoms with Crippen molar-refractivity contribution in [3.8, 4) is 24.3 Å². The molecule has 0 aliphatic carbocycles. The molecule has 0 aromatic rings. The molecule has 0 spiro atoms. The number of azo groups is 2. The highest BCUT2D eigenvalue weighted by Gasteiger charge is 2.28. The van der Waals surface area contributed by atoms with Gasteiger partial charge < -0.3 is 0 Å². The van der Waals surface area contributed by atoms with Crippen LogP contribution in [0.25, 0.3) is 0 Å². The maximum Gasteiger partial charge on any atom is 0.164 e. The van der Waals surface area contributed by atoms with Crippen LogP contribution in [-0.2, 0) is 0 Å². The molecule has 0 rings (SSSR count). The van der Waals surface area contributed by atoms with Gasteiger partial charge in [-0.3, -0.25) is 0 Å². The van der Waals surface area contributed by atoms with Crippen LogP contribution in [0.2, 0.25) is 0 Å². The number of hydrogen-bond acceptors (Lipinski definition) is 8. The molecule has 37 heavy (non-hydrogen) atoms. The lowest BCUT2D eigenvalue weighted by Crippen LogP contribution is -2.23. The molecule has 4 unspecified atom stereocenters. The Balaban J connectivity index is 0. The van der Waals surface area contributed by atoms with E-state index in [1.807, 2.05) is 6.92 Å². The lowest BCUT2D eigenvalue weighted by Gasteiger charge is -2.19. The maximum atomic E-state index is 9.28. The van der Waals surface area contributed by atoms with Gasteiger partial charge in [-0.2, -0.15) is 41.5 Å². The molecule has 0 aromatic carbocycles. The third-order valence-electron chi connectivity index (χ3n) is 6.44. The van der Waals surface area contributed by atoms with Crippen LogP contribution in [0.15, 0.2) is 20.5 Å². The molecular weight excluding hydrogens is 460 g/mol. The number of rotatable bonds is 17. The second-order valence-electron chi connectivity index (χ2n) is 10.7. The van der Waals surface area contributed by atoms with Crippen LogP contribution in [0.1, 0.15) is 139 Å². The van der Waals surface area contributed by atoms with E-state index >= 15 is 0 Å². The minimum Gasteiger partial charge on any atom is -0.196 e. The summed E-state index contributed by atoms with van der Waals surface area (Å²) in [6.45, 7) is 15.4. The molecule has 0 heterocycles. The summed E-state index contributed by atoms with van der Waals surface area (Å²) in [6, 6.07) is 8.77. The van der Waals surface area contributed by atoms with E-state index in [2.05, 4.69) is 65.5 Å². The predicted octanol–water partition coefficient (Wildman–Crippen LogP) is 9.16. The van der Waals surface area contributed by atoms with E-state index in [1.54, 1.807) is 27.7 Å². The third kappa shape index (κ3) is 16.5.